The number of hydrogen-bond acceptors (Lipinski definition) is 1. The third-order valence-corrected chi connectivity index (χ3v) is 0.333. The van der Waals surface area contributed by atoms with Gasteiger partial charge in [-0.05, 0) is 6.20 Å². The molecule has 4 heavy (non-hydrogen) atoms. The van der Waals surface area contributed by atoms with Crippen molar-refractivity contribution >= 4 is 9.24 Å². The van der Waals surface area contributed by atoms with Crippen LogP contribution in [0.1, 0.15) is 0 Å². The third kappa shape index (κ3) is 1.97. The molecule has 0 rings (SSSR count). The highest BCUT2D eigenvalue weighted by molar-refractivity contribution is 7.20. The van der Waals surface area contributed by atoms with Gasteiger partial charge in [-0.2, -0.15) is 0 Å². The van der Waals surface area contributed by atoms with Gasteiger partial charge >= 0.3 is 0 Å². The van der Waals surface area contributed by atoms with E-state index in [2.05, 4.69) is 9.24 Å². The van der Waals surface area contributed by atoms with Crippen molar-refractivity contribution in [1.29, 1.82) is 0 Å². The van der Waals surface area contributed by atoms with Crippen LogP contribution in [0.3, 0.4) is 0 Å². The van der Waals surface area contributed by atoms with Gasteiger partial charge in [-0.25, -0.2) is 0 Å². The van der Waals surface area contributed by atoms with Crippen LogP contribution in [0.4, 0.5) is 0 Å². The summed E-state index contributed by atoms with van der Waals surface area (Å²) in [5, 5.41) is 0. The summed E-state index contributed by atoms with van der Waals surface area (Å²) in [7, 11) is 2.35. The summed E-state index contributed by atoms with van der Waals surface area (Å²) < 4.78 is 0. The molecule has 0 bridgehead atoms. The Bertz CT molecular complexity index is 21.2. The minimum absolute atomic E-state index is 1.46. The second-order valence-electron chi connectivity index (χ2n) is 0.385. The maximum atomic E-state index is 4.83. The Labute approximate surface area is 28.1 Å². The van der Waals surface area contributed by atoms with Crippen LogP contribution in [0, 0.1) is 0 Å². The van der Waals surface area contributed by atoms with Gasteiger partial charge in [-0.15, -0.1) is 9.24 Å². The van der Waals surface area contributed by atoms with Gasteiger partial charge in [0.1, 0.15) is 0 Å². The fraction of sp³-hybridized carbons (Fsp3) is 0. The average molecular weight is 75.1 g/mol. The lowest BCUT2D eigenvalue weighted by atomic mass is 11.1. The summed E-state index contributed by atoms with van der Waals surface area (Å²) in [6, 6.07) is 0. The standard InChI is InChI=1S/C2H6NP/c3-1-2-4/h1-2H,3-4H2/b2-1-. The molecule has 0 heterocycles. The van der Waals surface area contributed by atoms with Crippen LogP contribution in [0.2, 0.25) is 0 Å². The highest BCUT2D eigenvalue weighted by Crippen LogP contribution is 1.73. The molecule has 0 aromatic carbocycles. The van der Waals surface area contributed by atoms with Gasteiger partial charge in [0.05, 0.1) is 0 Å². The van der Waals surface area contributed by atoms with E-state index in [4.69, 9.17) is 5.73 Å². The van der Waals surface area contributed by atoms with E-state index in [-0.39, 0.29) is 0 Å². The Balaban J connectivity index is 2.55. The summed E-state index contributed by atoms with van der Waals surface area (Å²) in [5.41, 5.74) is 4.83. The molecule has 0 saturated carbocycles. The fourth-order valence-electron chi connectivity index (χ4n) is 0. The summed E-state index contributed by atoms with van der Waals surface area (Å²) in [4.78, 5) is 0. The molecule has 0 fully saturated rings. The molecule has 0 aromatic heterocycles. The summed E-state index contributed by atoms with van der Waals surface area (Å²) >= 11 is 0. The molecule has 0 aromatic rings. The van der Waals surface area contributed by atoms with Gasteiger partial charge in [-0.3, -0.25) is 0 Å². The molecule has 1 unspecified atom stereocenters. The Morgan fingerprint density at radius 2 is 2.00 bits per heavy atom. The third-order valence-electron chi connectivity index (χ3n) is 0.111. The number of rotatable bonds is 0. The molecule has 24 valence electrons. The fourth-order valence-corrected chi connectivity index (χ4v) is 0. The van der Waals surface area contributed by atoms with Gasteiger partial charge in [-0.1, -0.05) is 5.82 Å². The maximum absolute atomic E-state index is 4.83. The molecular weight excluding hydrogens is 69.0 g/mol. The Morgan fingerprint density at radius 1 is 1.75 bits per heavy atom. The quantitative estimate of drug-likeness (QED) is 0.411. The van der Waals surface area contributed by atoms with Gasteiger partial charge in [0.15, 0.2) is 0 Å². The van der Waals surface area contributed by atoms with Crippen LogP contribution in [-0.4, -0.2) is 0 Å². The van der Waals surface area contributed by atoms with Crippen LogP contribution in [0.15, 0.2) is 12.0 Å². The van der Waals surface area contributed by atoms with Crippen molar-refractivity contribution in [2.24, 2.45) is 5.73 Å². The summed E-state index contributed by atoms with van der Waals surface area (Å²) in [6.45, 7) is 0. The Morgan fingerprint density at radius 3 is 2.00 bits per heavy atom. The predicted molar refractivity (Wildman–Crippen MR) is 23.0 cm³/mol. The van der Waals surface area contributed by atoms with Crippen LogP contribution in [0.5, 0.6) is 0 Å². The first-order valence-corrected chi connectivity index (χ1v) is 1.67. The monoisotopic (exact) mass is 75.0 g/mol. The van der Waals surface area contributed by atoms with E-state index in [1.165, 1.54) is 6.20 Å². The normalized spacial score (nSPS) is 9.25. The van der Waals surface area contributed by atoms with Gasteiger partial charge in [0.25, 0.3) is 0 Å². The van der Waals surface area contributed by atoms with Crippen molar-refractivity contribution in [1.82, 2.24) is 0 Å². The van der Waals surface area contributed by atoms with E-state index in [1.54, 1.807) is 5.82 Å². The lowest BCUT2D eigenvalue weighted by molar-refractivity contribution is 1.63. The second-order valence-corrected chi connectivity index (χ2v) is 0.770. The van der Waals surface area contributed by atoms with Crippen molar-refractivity contribution in [3.05, 3.63) is 12.0 Å². The Kier molecular flexibility index (Phi) is 2.95. The molecule has 1 atom stereocenters. The smallest absolute Gasteiger partial charge is 0.00627 e. The first kappa shape index (κ1) is 3.97. The predicted octanol–water partition coefficient (Wildman–Crippen LogP) is 0.291. The summed E-state index contributed by atoms with van der Waals surface area (Å²) in [6.07, 6.45) is 1.46. The zero-order valence-electron chi connectivity index (χ0n) is 2.31. The van der Waals surface area contributed by atoms with Gasteiger partial charge in [0, 0.05) is 0 Å². The number of hydrogen-bond donors (Lipinski definition) is 1. The minimum Gasteiger partial charge on any atom is -0.405 e. The van der Waals surface area contributed by atoms with Crippen LogP contribution >= 0.6 is 9.24 Å². The topological polar surface area (TPSA) is 26.0 Å². The molecule has 1 nitrogen and oxygen atoms in total. The largest absolute Gasteiger partial charge is 0.405 e. The summed E-state index contributed by atoms with van der Waals surface area (Å²) in [5.74, 6) is 1.69. The molecule has 0 radical (unpaired) electrons. The van der Waals surface area contributed by atoms with Gasteiger partial charge < -0.3 is 5.73 Å². The first-order chi connectivity index (χ1) is 1.91. The van der Waals surface area contributed by atoms with E-state index in [0.29, 0.717) is 0 Å². The molecule has 0 spiro atoms. The van der Waals surface area contributed by atoms with Crippen molar-refractivity contribution in [2.45, 2.75) is 0 Å². The Hall–Kier alpha value is -0.0300. The first-order valence-electron chi connectivity index (χ1n) is 1.00. The van der Waals surface area contributed by atoms with Crippen molar-refractivity contribution < 1.29 is 0 Å². The van der Waals surface area contributed by atoms with Gasteiger partial charge in [0.2, 0.25) is 0 Å². The SMILES string of the molecule is N/C=C\P. The van der Waals surface area contributed by atoms with E-state index in [9.17, 15) is 0 Å². The number of nitrogens with two attached hydrogens (primary N) is 1. The van der Waals surface area contributed by atoms with Crippen LogP contribution < -0.4 is 5.73 Å². The van der Waals surface area contributed by atoms with Crippen LogP contribution in [0.25, 0.3) is 0 Å². The molecular formula is C2H6NP. The zero-order chi connectivity index (χ0) is 3.41. The lowest BCUT2D eigenvalue weighted by Gasteiger charge is -1.53. The zero-order valence-corrected chi connectivity index (χ0v) is 3.46. The van der Waals surface area contributed by atoms with E-state index in [0.717, 1.165) is 0 Å². The maximum Gasteiger partial charge on any atom is -0.00627 e. The van der Waals surface area contributed by atoms with E-state index in [1.807, 2.05) is 0 Å². The molecule has 2 N–H and O–H groups in total. The highest BCUT2D eigenvalue weighted by atomic mass is 31.0. The highest BCUT2D eigenvalue weighted by Gasteiger charge is 1.32. The van der Waals surface area contributed by atoms with Crippen molar-refractivity contribution in [3.8, 4) is 0 Å². The molecule has 0 aliphatic rings. The molecule has 0 aliphatic heterocycles. The lowest BCUT2D eigenvalue weighted by Crippen LogP contribution is -1.69. The average Bonchev–Trinajstić information content (AvgIpc) is 1.37. The molecule has 2 heteroatoms. The van der Waals surface area contributed by atoms with E-state index >= 15 is 0 Å². The second kappa shape index (κ2) is 2.97. The molecule has 0 saturated heterocycles. The minimum atomic E-state index is 1.46. The molecule has 0 amide bonds. The van der Waals surface area contributed by atoms with Crippen molar-refractivity contribution in [2.75, 3.05) is 0 Å². The molecule has 0 aliphatic carbocycles. The van der Waals surface area contributed by atoms with Crippen molar-refractivity contribution in [3.63, 3.8) is 0 Å². The van der Waals surface area contributed by atoms with Crippen LogP contribution in [-0.2, 0) is 0 Å². The van der Waals surface area contributed by atoms with E-state index < -0.39 is 0 Å².